The molecule has 0 saturated heterocycles. The van der Waals surface area contributed by atoms with Crippen LogP contribution >= 0.6 is 0 Å². The maximum absolute atomic E-state index is 13.1. The molecule has 2 aromatic heterocycles. The van der Waals surface area contributed by atoms with Crippen LogP contribution in [0.25, 0.3) is 0 Å². The van der Waals surface area contributed by atoms with Crippen LogP contribution in [0.5, 0.6) is 5.75 Å². The third kappa shape index (κ3) is 4.85. The highest BCUT2D eigenvalue weighted by atomic mass is 19.1. The largest absolute Gasteiger partial charge is 0.487 e. The molecular weight excluding hydrogens is 370 g/mol. The van der Waals surface area contributed by atoms with Gasteiger partial charge in [-0.1, -0.05) is 12.1 Å². The number of amides is 2. The van der Waals surface area contributed by atoms with Crippen LogP contribution in [-0.2, 0) is 6.61 Å². The van der Waals surface area contributed by atoms with Gasteiger partial charge >= 0.3 is 0 Å². The summed E-state index contributed by atoms with van der Waals surface area (Å²) in [5, 5.41) is 2.55. The highest BCUT2D eigenvalue weighted by molar-refractivity contribution is 6.04. The van der Waals surface area contributed by atoms with E-state index in [2.05, 4.69) is 15.3 Å². The van der Waals surface area contributed by atoms with Crippen LogP contribution in [0.3, 0.4) is 0 Å². The van der Waals surface area contributed by atoms with E-state index in [-0.39, 0.29) is 17.7 Å². The Bertz CT molecular complexity index is 1020. The second-order valence-corrected chi connectivity index (χ2v) is 5.72. The number of rotatable bonds is 6. The second-order valence-electron chi connectivity index (χ2n) is 5.72. The number of aromatic nitrogens is 2. The summed E-state index contributed by atoms with van der Waals surface area (Å²) in [6.07, 6.45) is 2.76. The Hall–Kier alpha value is -3.88. The predicted octanol–water partition coefficient (Wildman–Crippen LogP) is 2.69. The number of pyridine rings is 2. The summed E-state index contributed by atoms with van der Waals surface area (Å²) >= 11 is 0. The van der Waals surface area contributed by atoms with Crippen molar-refractivity contribution in [3.8, 4) is 5.75 Å². The monoisotopic (exact) mass is 384 g/mol. The molecule has 3 aromatic rings. The number of nitrogens with zero attached hydrogens (tertiary/aromatic N) is 2. The Morgan fingerprint density at radius 2 is 1.79 bits per heavy atom. The van der Waals surface area contributed by atoms with Gasteiger partial charge in [0, 0.05) is 29.6 Å². The van der Waals surface area contributed by atoms with Gasteiger partial charge in [0.05, 0.1) is 11.8 Å². The van der Waals surface area contributed by atoms with Crippen LogP contribution in [0.15, 0.2) is 54.9 Å². The van der Waals surface area contributed by atoms with Crippen LogP contribution in [0.4, 0.5) is 14.5 Å². The molecule has 7 nitrogen and oxygen atoms in total. The van der Waals surface area contributed by atoms with Crippen LogP contribution < -0.4 is 15.8 Å². The van der Waals surface area contributed by atoms with Crippen LogP contribution in [0.1, 0.15) is 26.3 Å². The molecule has 2 amide bonds. The summed E-state index contributed by atoms with van der Waals surface area (Å²) in [7, 11) is 0. The number of nitrogens with one attached hydrogen (secondary N) is 1. The number of ether oxygens (including phenoxy) is 1. The van der Waals surface area contributed by atoms with E-state index in [1.165, 1.54) is 18.5 Å². The van der Waals surface area contributed by atoms with E-state index in [1.54, 1.807) is 24.3 Å². The lowest BCUT2D eigenvalue weighted by Gasteiger charge is -2.09. The standard InChI is InChI=1S/C19H14F2N4O3/c20-16-6-12(7-17(21)25-16)19(27)24-14-3-1-2-11(4-14)10-28-15-5-13(18(22)26)8-23-9-15/h1-9H,10H2,(H2,22,26)(H,24,27). The molecule has 28 heavy (non-hydrogen) atoms. The van der Waals surface area contributed by atoms with Crippen molar-refractivity contribution in [2.45, 2.75) is 6.61 Å². The van der Waals surface area contributed by atoms with Gasteiger partial charge in [-0.15, -0.1) is 0 Å². The van der Waals surface area contributed by atoms with Gasteiger partial charge in [0.15, 0.2) is 0 Å². The molecule has 0 spiro atoms. The first-order valence-electron chi connectivity index (χ1n) is 8.02. The normalized spacial score (nSPS) is 10.4. The maximum atomic E-state index is 13.1. The zero-order valence-corrected chi connectivity index (χ0v) is 14.4. The minimum absolute atomic E-state index is 0.131. The lowest BCUT2D eigenvalue weighted by atomic mass is 10.2. The number of carbonyl (C=O) groups is 2. The molecule has 3 rings (SSSR count). The summed E-state index contributed by atoms with van der Waals surface area (Å²) in [6.45, 7) is 0.131. The van der Waals surface area contributed by atoms with Gasteiger partial charge in [-0.3, -0.25) is 14.6 Å². The first-order valence-corrected chi connectivity index (χ1v) is 8.02. The Morgan fingerprint density at radius 1 is 1.04 bits per heavy atom. The Morgan fingerprint density at radius 3 is 2.50 bits per heavy atom. The highest BCUT2D eigenvalue weighted by Crippen LogP contribution is 2.17. The Labute approximate surface area is 158 Å². The van der Waals surface area contributed by atoms with Crippen LogP contribution in [0.2, 0.25) is 0 Å². The first-order chi connectivity index (χ1) is 13.4. The number of carbonyl (C=O) groups excluding carboxylic acids is 2. The molecule has 2 heterocycles. The van der Waals surface area contributed by atoms with Gasteiger partial charge in [-0.25, -0.2) is 0 Å². The Kier molecular flexibility index (Phi) is 5.54. The van der Waals surface area contributed by atoms with E-state index >= 15 is 0 Å². The molecule has 9 heteroatoms. The molecule has 0 unspecified atom stereocenters. The zero-order valence-electron chi connectivity index (χ0n) is 14.4. The summed E-state index contributed by atoms with van der Waals surface area (Å²) in [5.74, 6) is -3.12. The van der Waals surface area contributed by atoms with Gasteiger partial charge in [0.2, 0.25) is 17.8 Å². The van der Waals surface area contributed by atoms with Crippen LogP contribution in [0, 0.1) is 11.9 Å². The third-order valence-corrected chi connectivity index (χ3v) is 3.61. The van der Waals surface area contributed by atoms with E-state index in [0.717, 1.165) is 12.1 Å². The van der Waals surface area contributed by atoms with E-state index < -0.39 is 23.7 Å². The Balaban J connectivity index is 1.67. The minimum Gasteiger partial charge on any atom is -0.487 e. The lowest BCUT2D eigenvalue weighted by Crippen LogP contribution is -2.13. The summed E-state index contributed by atoms with van der Waals surface area (Å²) in [6, 6.07) is 9.83. The fraction of sp³-hybridized carbons (Fsp3) is 0.0526. The van der Waals surface area contributed by atoms with E-state index in [0.29, 0.717) is 17.0 Å². The molecule has 3 N–H and O–H groups in total. The molecule has 0 atom stereocenters. The fourth-order valence-electron chi connectivity index (χ4n) is 2.34. The number of halogens is 2. The molecule has 1 aromatic carbocycles. The number of hydrogen-bond donors (Lipinski definition) is 2. The molecule has 0 bridgehead atoms. The summed E-state index contributed by atoms with van der Waals surface area (Å²) in [5.41, 5.74) is 6.33. The smallest absolute Gasteiger partial charge is 0.255 e. The topological polar surface area (TPSA) is 107 Å². The quantitative estimate of drug-likeness (QED) is 0.636. The highest BCUT2D eigenvalue weighted by Gasteiger charge is 2.11. The number of hydrogen-bond acceptors (Lipinski definition) is 5. The zero-order chi connectivity index (χ0) is 20.1. The molecule has 0 aliphatic carbocycles. The average molecular weight is 384 g/mol. The van der Waals surface area contributed by atoms with E-state index in [9.17, 15) is 18.4 Å². The van der Waals surface area contributed by atoms with Crippen molar-refractivity contribution in [3.05, 3.63) is 83.4 Å². The third-order valence-electron chi connectivity index (χ3n) is 3.61. The van der Waals surface area contributed by atoms with Gasteiger partial charge in [0.25, 0.3) is 5.91 Å². The molecule has 0 fully saturated rings. The van der Waals surface area contributed by atoms with Gasteiger partial charge in [0.1, 0.15) is 12.4 Å². The van der Waals surface area contributed by atoms with Gasteiger partial charge in [-0.05, 0) is 23.8 Å². The van der Waals surface area contributed by atoms with Crippen LogP contribution in [-0.4, -0.2) is 21.8 Å². The van der Waals surface area contributed by atoms with Crippen molar-refractivity contribution >= 4 is 17.5 Å². The van der Waals surface area contributed by atoms with Gasteiger partial charge in [-0.2, -0.15) is 13.8 Å². The van der Waals surface area contributed by atoms with Crippen molar-refractivity contribution in [1.82, 2.24) is 9.97 Å². The predicted molar refractivity (Wildman–Crippen MR) is 95.6 cm³/mol. The maximum Gasteiger partial charge on any atom is 0.255 e. The average Bonchev–Trinajstić information content (AvgIpc) is 2.66. The number of anilines is 1. The number of primary amides is 1. The van der Waals surface area contributed by atoms with Crippen molar-refractivity contribution in [2.75, 3.05) is 5.32 Å². The van der Waals surface area contributed by atoms with Crippen molar-refractivity contribution in [1.29, 1.82) is 0 Å². The SMILES string of the molecule is NC(=O)c1cncc(OCc2cccc(NC(=O)c3cc(F)nc(F)c3)c2)c1. The lowest BCUT2D eigenvalue weighted by molar-refractivity contribution is 0.0997. The molecular formula is C19H14F2N4O3. The summed E-state index contributed by atoms with van der Waals surface area (Å²) < 4.78 is 31.9. The molecule has 0 saturated carbocycles. The minimum atomic E-state index is -1.08. The van der Waals surface area contributed by atoms with E-state index in [1.807, 2.05) is 0 Å². The molecule has 0 radical (unpaired) electrons. The van der Waals surface area contributed by atoms with Crippen molar-refractivity contribution < 1.29 is 23.1 Å². The van der Waals surface area contributed by atoms with Crippen molar-refractivity contribution in [3.63, 3.8) is 0 Å². The summed E-state index contributed by atoms with van der Waals surface area (Å²) in [4.78, 5) is 30.1. The number of benzene rings is 1. The first kappa shape index (κ1) is 18.9. The second kappa shape index (κ2) is 8.21. The van der Waals surface area contributed by atoms with E-state index in [4.69, 9.17) is 10.5 Å². The van der Waals surface area contributed by atoms with Crippen molar-refractivity contribution in [2.24, 2.45) is 5.73 Å². The molecule has 0 aliphatic heterocycles. The number of nitrogens with two attached hydrogens (primary N) is 1. The molecule has 142 valence electrons. The molecule has 0 aliphatic rings. The fourth-order valence-corrected chi connectivity index (χ4v) is 2.34. The van der Waals surface area contributed by atoms with Gasteiger partial charge < -0.3 is 15.8 Å².